The molecule has 0 amide bonds. The van der Waals surface area contributed by atoms with E-state index in [9.17, 15) is 4.79 Å². The fourth-order valence-electron chi connectivity index (χ4n) is 7.09. The first-order valence-corrected chi connectivity index (χ1v) is 15.8. The molecule has 9 heteroatoms. The number of fused-ring (bicyclic) bond motifs is 1. The average molecular weight is 590 g/mol. The maximum atomic E-state index is 13.8. The van der Waals surface area contributed by atoms with E-state index in [0.29, 0.717) is 12.2 Å². The van der Waals surface area contributed by atoms with Crippen LogP contribution >= 0.6 is 0 Å². The number of H-pyrrole nitrogens is 1. The molecule has 1 atom stereocenters. The molecule has 5 aromatic rings. The lowest BCUT2D eigenvalue weighted by molar-refractivity contribution is 0.0850. The Bertz CT molecular complexity index is 1700. The van der Waals surface area contributed by atoms with Crippen LogP contribution in [0.4, 0.5) is 0 Å². The van der Waals surface area contributed by atoms with Crippen LogP contribution in [-0.2, 0) is 0 Å². The highest BCUT2D eigenvalue weighted by Crippen LogP contribution is 2.36. The lowest BCUT2D eigenvalue weighted by atomic mass is 9.96. The van der Waals surface area contributed by atoms with Gasteiger partial charge < -0.3 is 9.72 Å². The summed E-state index contributed by atoms with van der Waals surface area (Å²) in [6.07, 6.45) is 4.45. The second-order valence-electron chi connectivity index (χ2n) is 11.9. The monoisotopic (exact) mass is 589 g/mol. The molecule has 226 valence electrons. The molecule has 1 saturated carbocycles. The summed E-state index contributed by atoms with van der Waals surface area (Å²) in [5.74, 6) is 1.53. The Balaban J connectivity index is 1.25. The van der Waals surface area contributed by atoms with Crippen LogP contribution in [0.2, 0.25) is 0 Å². The van der Waals surface area contributed by atoms with Crippen molar-refractivity contribution in [2.24, 2.45) is 0 Å². The number of aromatic nitrogens is 5. The fourth-order valence-corrected chi connectivity index (χ4v) is 7.09. The Morgan fingerprint density at radius 3 is 2.11 bits per heavy atom. The number of benzene rings is 3. The van der Waals surface area contributed by atoms with Crippen LogP contribution in [0, 0.1) is 0 Å². The van der Waals surface area contributed by atoms with Crippen LogP contribution in [0.3, 0.4) is 0 Å². The molecule has 3 aromatic carbocycles. The van der Waals surface area contributed by atoms with Crippen molar-refractivity contribution < 1.29 is 4.74 Å². The third-order valence-electron chi connectivity index (χ3n) is 9.19. The molecule has 9 nitrogen and oxygen atoms in total. The molecule has 7 rings (SSSR count). The van der Waals surface area contributed by atoms with Gasteiger partial charge in [0.15, 0.2) is 5.82 Å². The predicted octanol–water partition coefficient (Wildman–Crippen LogP) is 5.53. The quantitative estimate of drug-likeness (QED) is 0.242. The standard InChI is InChI=1S/C35H39N7O2/c1-2-44-29-17-18-31-27(23-29)24-30(35(43)36-31)33(34-37-38-39-42(34)28-15-9-10-16-28)41-21-19-40(20-22-41)32(25-11-5-3-6-12-25)26-13-7-4-8-14-26/h3-8,11-14,17-18,23-24,28,32-33H,2,9-10,15-16,19-22H2,1H3,(H,36,43). The second kappa shape index (κ2) is 12.7. The summed E-state index contributed by atoms with van der Waals surface area (Å²) in [5.41, 5.74) is 3.91. The number of piperazine rings is 1. The predicted molar refractivity (Wildman–Crippen MR) is 171 cm³/mol. The van der Waals surface area contributed by atoms with Gasteiger partial charge in [-0.05, 0) is 65.6 Å². The summed E-state index contributed by atoms with van der Waals surface area (Å²) in [4.78, 5) is 21.9. The van der Waals surface area contributed by atoms with E-state index < -0.39 is 0 Å². The molecule has 2 aromatic heterocycles. The Hall–Kier alpha value is -4.34. The first-order valence-electron chi connectivity index (χ1n) is 15.8. The van der Waals surface area contributed by atoms with E-state index in [1.165, 1.54) is 24.0 Å². The third-order valence-corrected chi connectivity index (χ3v) is 9.19. The van der Waals surface area contributed by atoms with Crippen molar-refractivity contribution in [1.29, 1.82) is 0 Å². The number of hydrogen-bond acceptors (Lipinski definition) is 7. The molecule has 1 N–H and O–H groups in total. The fraction of sp³-hybridized carbons (Fsp3) is 0.371. The third kappa shape index (κ3) is 5.65. The van der Waals surface area contributed by atoms with Crippen molar-refractivity contribution in [1.82, 2.24) is 35.0 Å². The minimum Gasteiger partial charge on any atom is -0.494 e. The van der Waals surface area contributed by atoms with Gasteiger partial charge in [-0.1, -0.05) is 73.5 Å². The van der Waals surface area contributed by atoms with E-state index in [1.54, 1.807) is 0 Å². The Morgan fingerprint density at radius 2 is 1.48 bits per heavy atom. The topological polar surface area (TPSA) is 92.2 Å². The highest BCUT2D eigenvalue weighted by Gasteiger charge is 2.36. The molecular formula is C35H39N7O2. The van der Waals surface area contributed by atoms with E-state index in [0.717, 1.165) is 61.5 Å². The van der Waals surface area contributed by atoms with E-state index in [2.05, 4.69) is 91.0 Å². The zero-order valence-corrected chi connectivity index (χ0v) is 25.2. The average Bonchev–Trinajstić information content (AvgIpc) is 3.77. The summed E-state index contributed by atoms with van der Waals surface area (Å²) in [5, 5.41) is 14.2. The number of tetrazole rings is 1. The number of hydrogen-bond donors (Lipinski definition) is 1. The smallest absolute Gasteiger partial charge is 0.253 e. The first-order chi connectivity index (χ1) is 21.7. The molecule has 0 bridgehead atoms. The highest BCUT2D eigenvalue weighted by atomic mass is 16.5. The van der Waals surface area contributed by atoms with Crippen molar-refractivity contribution >= 4 is 10.9 Å². The summed E-state index contributed by atoms with van der Waals surface area (Å²) in [7, 11) is 0. The lowest BCUT2D eigenvalue weighted by Gasteiger charge is -2.42. The first kappa shape index (κ1) is 28.4. The lowest BCUT2D eigenvalue weighted by Crippen LogP contribution is -2.50. The molecule has 2 aliphatic rings. The van der Waals surface area contributed by atoms with Gasteiger partial charge in [-0.15, -0.1) is 5.10 Å². The van der Waals surface area contributed by atoms with Crippen molar-refractivity contribution in [2.75, 3.05) is 32.8 Å². The van der Waals surface area contributed by atoms with Crippen LogP contribution in [0.5, 0.6) is 5.75 Å². The molecule has 0 spiro atoms. The van der Waals surface area contributed by atoms with Gasteiger partial charge in [-0.3, -0.25) is 14.6 Å². The summed E-state index contributed by atoms with van der Waals surface area (Å²) in [6, 6.07) is 29.3. The zero-order valence-electron chi connectivity index (χ0n) is 25.2. The number of aromatic amines is 1. The second-order valence-corrected chi connectivity index (χ2v) is 11.9. The van der Waals surface area contributed by atoms with Crippen molar-refractivity contribution in [2.45, 2.75) is 50.7 Å². The molecule has 2 fully saturated rings. The highest BCUT2D eigenvalue weighted by molar-refractivity contribution is 5.80. The number of rotatable bonds is 9. The SMILES string of the molecule is CCOc1ccc2[nH]c(=O)c(C(c3nnnn3C3CCCC3)N3CCN(C(c4ccccc4)c4ccccc4)CC3)cc2c1. The van der Waals surface area contributed by atoms with Crippen LogP contribution in [0.15, 0.2) is 89.7 Å². The molecule has 1 unspecified atom stereocenters. The largest absolute Gasteiger partial charge is 0.494 e. The number of pyridine rings is 1. The van der Waals surface area contributed by atoms with Gasteiger partial charge in [0.1, 0.15) is 11.8 Å². The number of nitrogens with one attached hydrogen (secondary N) is 1. The maximum absolute atomic E-state index is 13.8. The Kier molecular flexibility index (Phi) is 8.22. The minimum atomic E-state index is -0.372. The van der Waals surface area contributed by atoms with E-state index in [-0.39, 0.29) is 23.7 Å². The maximum Gasteiger partial charge on any atom is 0.253 e. The number of nitrogens with zero attached hydrogens (tertiary/aromatic N) is 6. The van der Waals surface area contributed by atoms with E-state index in [4.69, 9.17) is 4.74 Å². The van der Waals surface area contributed by atoms with Gasteiger partial charge in [0.25, 0.3) is 5.56 Å². The molecular weight excluding hydrogens is 550 g/mol. The number of ether oxygens (including phenoxy) is 1. The minimum absolute atomic E-state index is 0.110. The molecule has 1 aliphatic carbocycles. The molecule has 0 radical (unpaired) electrons. The molecule has 3 heterocycles. The summed E-state index contributed by atoms with van der Waals surface area (Å²) >= 11 is 0. The summed E-state index contributed by atoms with van der Waals surface area (Å²) < 4.78 is 7.78. The van der Waals surface area contributed by atoms with Crippen LogP contribution in [-0.4, -0.2) is 67.8 Å². The normalized spacial score (nSPS) is 17.4. The van der Waals surface area contributed by atoms with Crippen molar-refractivity contribution in [3.63, 3.8) is 0 Å². The zero-order chi connectivity index (χ0) is 29.9. The molecule has 44 heavy (non-hydrogen) atoms. The van der Waals surface area contributed by atoms with Gasteiger partial charge in [0.2, 0.25) is 0 Å². The van der Waals surface area contributed by atoms with Gasteiger partial charge in [0, 0.05) is 42.6 Å². The van der Waals surface area contributed by atoms with Crippen molar-refractivity contribution in [3.8, 4) is 5.75 Å². The van der Waals surface area contributed by atoms with Crippen LogP contribution < -0.4 is 10.3 Å². The van der Waals surface area contributed by atoms with Gasteiger partial charge in [-0.2, -0.15) is 0 Å². The van der Waals surface area contributed by atoms with Crippen LogP contribution in [0.25, 0.3) is 10.9 Å². The van der Waals surface area contributed by atoms with Crippen LogP contribution in [0.1, 0.15) is 73.2 Å². The van der Waals surface area contributed by atoms with Gasteiger partial charge in [-0.25, -0.2) is 4.68 Å². The molecule has 1 saturated heterocycles. The van der Waals surface area contributed by atoms with Crippen molar-refractivity contribution in [3.05, 3.63) is 118 Å². The Labute approximate surface area is 257 Å². The van der Waals surface area contributed by atoms with Gasteiger partial charge in [0.05, 0.1) is 18.7 Å². The van der Waals surface area contributed by atoms with E-state index >= 15 is 0 Å². The Morgan fingerprint density at radius 1 is 0.841 bits per heavy atom. The molecule has 1 aliphatic heterocycles. The van der Waals surface area contributed by atoms with E-state index in [1.807, 2.05) is 35.9 Å². The summed E-state index contributed by atoms with van der Waals surface area (Å²) in [6.45, 7) is 5.79. The van der Waals surface area contributed by atoms with Gasteiger partial charge >= 0.3 is 0 Å².